The number of aliphatic hydroxyl groups is 1. The van der Waals surface area contributed by atoms with Gasteiger partial charge in [0.05, 0.1) is 35.9 Å². The minimum Gasteiger partial charge on any atom is -0.459 e. The third-order valence-electron chi connectivity index (χ3n) is 4.60. The minimum atomic E-state index is -0.831. The molecule has 0 amide bonds. The SMILES string of the molecule is CC(O)c1nn(CC(=O)OC(C)(C)C)c2ccc(-c3cnn(-c4ncc(F)cn4)c3)cc12. The van der Waals surface area contributed by atoms with Crippen molar-refractivity contribution in [1.82, 2.24) is 29.5 Å². The number of aromatic nitrogens is 6. The standard InChI is InChI=1S/C22H23FN6O3/c1-13(30)20-17-7-14(15-8-26-29(11-15)21-24-9-16(23)10-25-21)5-6-18(17)28(27-20)12-19(31)32-22(2,3)4/h5-11,13,30H,12H2,1-4H3. The highest BCUT2D eigenvalue weighted by Gasteiger charge is 2.21. The van der Waals surface area contributed by atoms with Crippen LogP contribution in [0.2, 0.25) is 0 Å². The maximum absolute atomic E-state index is 13.1. The number of benzene rings is 1. The summed E-state index contributed by atoms with van der Waals surface area (Å²) in [7, 11) is 0. The molecule has 3 heterocycles. The number of carbonyl (C=O) groups excluding carboxylic acids is 1. The van der Waals surface area contributed by atoms with E-state index in [0.717, 1.165) is 23.5 Å². The normalized spacial score (nSPS) is 12.8. The zero-order valence-electron chi connectivity index (χ0n) is 18.2. The molecule has 0 spiro atoms. The van der Waals surface area contributed by atoms with E-state index in [-0.39, 0.29) is 12.5 Å². The summed E-state index contributed by atoms with van der Waals surface area (Å²) in [4.78, 5) is 20.2. The molecule has 1 atom stereocenters. The van der Waals surface area contributed by atoms with Crippen LogP contribution in [0, 0.1) is 5.82 Å². The van der Waals surface area contributed by atoms with Gasteiger partial charge >= 0.3 is 5.97 Å². The zero-order valence-corrected chi connectivity index (χ0v) is 18.2. The molecule has 3 aromatic heterocycles. The lowest BCUT2D eigenvalue weighted by Gasteiger charge is -2.19. The van der Waals surface area contributed by atoms with Gasteiger partial charge in [-0.15, -0.1) is 0 Å². The summed E-state index contributed by atoms with van der Waals surface area (Å²) < 4.78 is 21.4. The molecular weight excluding hydrogens is 415 g/mol. The van der Waals surface area contributed by atoms with Crippen LogP contribution in [0.3, 0.4) is 0 Å². The largest absolute Gasteiger partial charge is 0.459 e. The van der Waals surface area contributed by atoms with Crippen LogP contribution < -0.4 is 0 Å². The summed E-state index contributed by atoms with van der Waals surface area (Å²) in [6.07, 6.45) is 4.68. The Labute approximate surface area is 183 Å². The van der Waals surface area contributed by atoms with E-state index in [1.807, 2.05) is 18.2 Å². The van der Waals surface area contributed by atoms with Crippen molar-refractivity contribution in [3.63, 3.8) is 0 Å². The number of halogens is 1. The summed E-state index contributed by atoms with van der Waals surface area (Å²) in [5.74, 6) is -0.696. The maximum atomic E-state index is 13.1. The van der Waals surface area contributed by atoms with E-state index in [1.54, 1.807) is 40.1 Å². The number of aliphatic hydroxyl groups excluding tert-OH is 1. The van der Waals surface area contributed by atoms with Crippen molar-refractivity contribution in [2.75, 3.05) is 0 Å². The predicted molar refractivity (Wildman–Crippen MR) is 114 cm³/mol. The van der Waals surface area contributed by atoms with Gasteiger partial charge in [0.15, 0.2) is 5.82 Å². The molecule has 1 aromatic carbocycles. The van der Waals surface area contributed by atoms with Gasteiger partial charge in [0.25, 0.3) is 5.95 Å². The van der Waals surface area contributed by atoms with E-state index in [9.17, 15) is 14.3 Å². The van der Waals surface area contributed by atoms with Crippen LogP contribution >= 0.6 is 0 Å². The van der Waals surface area contributed by atoms with E-state index in [4.69, 9.17) is 4.74 Å². The van der Waals surface area contributed by atoms with Crippen LogP contribution in [0.15, 0.2) is 43.0 Å². The first-order valence-electron chi connectivity index (χ1n) is 10.0. The molecule has 4 rings (SSSR count). The van der Waals surface area contributed by atoms with Gasteiger partial charge in [-0.25, -0.2) is 19.0 Å². The zero-order chi connectivity index (χ0) is 23.0. The molecule has 1 N–H and O–H groups in total. The quantitative estimate of drug-likeness (QED) is 0.477. The smallest absolute Gasteiger partial charge is 0.328 e. The van der Waals surface area contributed by atoms with Crippen molar-refractivity contribution >= 4 is 16.9 Å². The fourth-order valence-corrected chi connectivity index (χ4v) is 3.31. The van der Waals surface area contributed by atoms with Gasteiger partial charge in [0.1, 0.15) is 12.1 Å². The average Bonchev–Trinajstić information content (AvgIpc) is 3.32. The highest BCUT2D eigenvalue weighted by Crippen LogP contribution is 2.29. The van der Waals surface area contributed by atoms with Gasteiger partial charge in [-0.1, -0.05) is 6.07 Å². The van der Waals surface area contributed by atoms with Crippen LogP contribution in [0.5, 0.6) is 0 Å². The first-order valence-corrected chi connectivity index (χ1v) is 10.0. The minimum absolute atomic E-state index is 0.0698. The van der Waals surface area contributed by atoms with Crippen molar-refractivity contribution in [3.05, 3.63) is 54.5 Å². The van der Waals surface area contributed by atoms with Crippen molar-refractivity contribution in [2.45, 2.75) is 45.9 Å². The van der Waals surface area contributed by atoms with Gasteiger partial charge < -0.3 is 9.84 Å². The van der Waals surface area contributed by atoms with Crippen LogP contribution in [0.25, 0.3) is 28.0 Å². The number of hydrogen-bond acceptors (Lipinski definition) is 7. The third-order valence-corrected chi connectivity index (χ3v) is 4.60. The molecule has 0 aliphatic rings. The second-order valence-electron chi connectivity index (χ2n) is 8.41. The number of nitrogens with zero attached hydrogens (tertiary/aromatic N) is 6. The van der Waals surface area contributed by atoms with Gasteiger partial charge in [0.2, 0.25) is 0 Å². The Morgan fingerprint density at radius 3 is 2.56 bits per heavy atom. The van der Waals surface area contributed by atoms with Crippen LogP contribution in [-0.4, -0.2) is 46.2 Å². The fourth-order valence-electron chi connectivity index (χ4n) is 3.31. The lowest BCUT2D eigenvalue weighted by molar-refractivity contribution is -0.155. The Kier molecular flexibility index (Phi) is 5.47. The average molecular weight is 438 g/mol. The van der Waals surface area contributed by atoms with E-state index >= 15 is 0 Å². The van der Waals surface area contributed by atoms with Crippen molar-refractivity contribution < 1.29 is 19.0 Å². The Bertz CT molecular complexity index is 1270. The number of fused-ring (bicyclic) bond motifs is 1. The molecule has 32 heavy (non-hydrogen) atoms. The Morgan fingerprint density at radius 1 is 1.19 bits per heavy atom. The lowest BCUT2D eigenvalue weighted by atomic mass is 10.0. The number of carbonyl (C=O) groups is 1. The molecular formula is C22H23FN6O3. The second kappa shape index (κ2) is 8.12. The molecule has 166 valence electrons. The molecule has 0 aliphatic carbocycles. The number of esters is 1. The van der Waals surface area contributed by atoms with E-state index in [1.165, 1.54) is 9.36 Å². The third kappa shape index (κ3) is 4.50. The first-order chi connectivity index (χ1) is 15.1. The summed E-state index contributed by atoms with van der Waals surface area (Å²) in [5.41, 5.74) is 2.15. The van der Waals surface area contributed by atoms with Gasteiger partial charge in [-0.3, -0.25) is 9.48 Å². The molecule has 0 fully saturated rings. The molecule has 0 aliphatic heterocycles. The van der Waals surface area contributed by atoms with Crippen LogP contribution in [-0.2, 0) is 16.1 Å². The van der Waals surface area contributed by atoms with E-state index < -0.39 is 23.5 Å². The fraction of sp³-hybridized carbons (Fsp3) is 0.318. The number of ether oxygens (including phenoxy) is 1. The molecule has 0 bridgehead atoms. The van der Waals surface area contributed by atoms with Crippen molar-refractivity contribution in [1.29, 1.82) is 0 Å². The molecule has 1 unspecified atom stereocenters. The van der Waals surface area contributed by atoms with Crippen molar-refractivity contribution in [2.24, 2.45) is 0 Å². The highest BCUT2D eigenvalue weighted by atomic mass is 19.1. The highest BCUT2D eigenvalue weighted by molar-refractivity contribution is 5.88. The number of hydrogen-bond donors (Lipinski definition) is 1. The molecule has 0 saturated heterocycles. The second-order valence-corrected chi connectivity index (χ2v) is 8.41. The summed E-state index contributed by atoms with van der Waals surface area (Å²) in [6.45, 7) is 6.96. The predicted octanol–water partition coefficient (Wildman–Crippen LogP) is 3.21. The monoisotopic (exact) mass is 438 g/mol. The van der Waals surface area contributed by atoms with Crippen LogP contribution in [0.4, 0.5) is 4.39 Å². The molecule has 0 radical (unpaired) electrons. The molecule has 4 aromatic rings. The summed E-state index contributed by atoms with van der Waals surface area (Å²) in [6, 6.07) is 5.58. The molecule has 9 nitrogen and oxygen atoms in total. The Hall–Kier alpha value is -3.66. The Balaban J connectivity index is 1.69. The summed E-state index contributed by atoms with van der Waals surface area (Å²) in [5, 5.41) is 19.6. The van der Waals surface area contributed by atoms with E-state index in [2.05, 4.69) is 20.2 Å². The maximum Gasteiger partial charge on any atom is 0.328 e. The topological polar surface area (TPSA) is 108 Å². The van der Waals surface area contributed by atoms with Crippen LogP contribution in [0.1, 0.15) is 39.5 Å². The van der Waals surface area contributed by atoms with Gasteiger partial charge in [-0.05, 0) is 45.4 Å². The van der Waals surface area contributed by atoms with Crippen molar-refractivity contribution in [3.8, 4) is 17.1 Å². The first kappa shape index (κ1) is 21.6. The van der Waals surface area contributed by atoms with E-state index in [0.29, 0.717) is 16.6 Å². The lowest BCUT2D eigenvalue weighted by Crippen LogP contribution is -2.26. The number of rotatable bonds is 5. The Morgan fingerprint density at radius 2 is 1.91 bits per heavy atom. The summed E-state index contributed by atoms with van der Waals surface area (Å²) >= 11 is 0. The molecule has 10 heteroatoms. The molecule has 0 saturated carbocycles. The van der Waals surface area contributed by atoms with Gasteiger partial charge in [0, 0.05) is 17.1 Å². The van der Waals surface area contributed by atoms with Gasteiger partial charge in [-0.2, -0.15) is 10.2 Å².